The molecule has 0 heterocycles. The first-order chi connectivity index (χ1) is 13.3. The fraction of sp³-hybridized carbons (Fsp3) is 0.250. The number of rotatable bonds is 6. The highest BCUT2D eigenvalue weighted by Crippen LogP contribution is 2.25. The van der Waals surface area contributed by atoms with Crippen LogP contribution >= 0.6 is 15.9 Å². The van der Waals surface area contributed by atoms with Gasteiger partial charge in [0.25, 0.3) is 5.91 Å². The molecule has 0 aliphatic rings. The molecule has 0 atom stereocenters. The van der Waals surface area contributed by atoms with Gasteiger partial charge >= 0.3 is 0 Å². The van der Waals surface area contributed by atoms with Crippen molar-refractivity contribution < 1.29 is 19.1 Å². The molecule has 2 aromatic rings. The minimum absolute atomic E-state index is 0.00269. The minimum Gasteiger partial charge on any atom is -0.496 e. The maximum absolute atomic E-state index is 12.1. The Morgan fingerprint density at radius 1 is 0.929 bits per heavy atom. The Labute approximate surface area is 171 Å². The zero-order chi connectivity index (χ0) is 20.7. The van der Waals surface area contributed by atoms with Crippen LogP contribution in [-0.4, -0.2) is 24.8 Å². The van der Waals surface area contributed by atoms with Gasteiger partial charge in [0.05, 0.1) is 11.6 Å². The number of halogens is 1. The van der Waals surface area contributed by atoms with E-state index < -0.39 is 11.8 Å². The lowest BCUT2D eigenvalue weighted by Crippen LogP contribution is -2.41. The summed E-state index contributed by atoms with van der Waals surface area (Å²) in [5, 5.41) is 2.75. The fourth-order valence-electron chi connectivity index (χ4n) is 2.34. The Hall–Kier alpha value is -2.87. The van der Waals surface area contributed by atoms with Crippen LogP contribution in [-0.2, 0) is 9.59 Å². The molecular formula is C20H22BrN3O4. The van der Waals surface area contributed by atoms with Crippen LogP contribution < -0.4 is 20.9 Å². The first kappa shape index (κ1) is 21.4. The Bertz CT molecular complexity index is 899. The molecule has 7 nitrogen and oxygen atoms in total. The summed E-state index contributed by atoms with van der Waals surface area (Å²) in [4.78, 5) is 35.9. The average molecular weight is 448 g/mol. The van der Waals surface area contributed by atoms with Crippen LogP contribution in [0.1, 0.15) is 34.3 Å². The Kier molecular flexibility index (Phi) is 7.57. The van der Waals surface area contributed by atoms with E-state index in [1.807, 2.05) is 32.0 Å². The number of anilines is 1. The lowest BCUT2D eigenvalue weighted by Gasteiger charge is -2.10. The molecule has 28 heavy (non-hydrogen) atoms. The van der Waals surface area contributed by atoms with Gasteiger partial charge in [0, 0.05) is 24.1 Å². The van der Waals surface area contributed by atoms with Crippen molar-refractivity contribution in [2.45, 2.75) is 26.7 Å². The van der Waals surface area contributed by atoms with Crippen LogP contribution in [0.3, 0.4) is 0 Å². The van der Waals surface area contributed by atoms with Crippen molar-refractivity contribution in [1.82, 2.24) is 10.9 Å². The Balaban J connectivity index is 1.77. The van der Waals surface area contributed by atoms with Gasteiger partial charge in [0.2, 0.25) is 11.8 Å². The van der Waals surface area contributed by atoms with Crippen molar-refractivity contribution >= 4 is 39.3 Å². The molecule has 8 heteroatoms. The molecule has 0 saturated heterocycles. The molecular weight excluding hydrogens is 426 g/mol. The van der Waals surface area contributed by atoms with E-state index in [4.69, 9.17) is 4.74 Å². The quantitative estimate of drug-likeness (QED) is 0.592. The summed E-state index contributed by atoms with van der Waals surface area (Å²) >= 11 is 3.30. The fourth-order valence-corrected chi connectivity index (χ4v) is 2.88. The van der Waals surface area contributed by atoms with Gasteiger partial charge < -0.3 is 10.1 Å². The van der Waals surface area contributed by atoms with Crippen molar-refractivity contribution in [3.05, 3.63) is 57.6 Å². The van der Waals surface area contributed by atoms with Gasteiger partial charge in [0.1, 0.15) is 5.75 Å². The Morgan fingerprint density at radius 2 is 1.64 bits per heavy atom. The molecule has 3 amide bonds. The van der Waals surface area contributed by atoms with E-state index in [-0.39, 0.29) is 18.7 Å². The number of amides is 3. The number of carbonyl (C=O) groups excluding carboxylic acids is 3. The third-order valence-electron chi connectivity index (χ3n) is 4.10. The van der Waals surface area contributed by atoms with Gasteiger partial charge in [-0.15, -0.1) is 0 Å². The number of aryl methyl sites for hydroxylation is 2. The number of methoxy groups -OCH3 is 1. The van der Waals surface area contributed by atoms with E-state index in [1.54, 1.807) is 18.2 Å². The molecule has 0 aliphatic carbocycles. The molecule has 2 aromatic carbocycles. The maximum atomic E-state index is 12.1. The molecule has 0 aliphatic heterocycles. The Morgan fingerprint density at radius 3 is 2.29 bits per heavy atom. The highest BCUT2D eigenvalue weighted by molar-refractivity contribution is 9.10. The summed E-state index contributed by atoms with van der Waals surface area (Å²) in [6.07, 6.45) is -0.0496. The van der Waals surface area contributed by atoms with Gasteiger partial charge in [-0.05, 0) is 71.2 Å². The molecule has 0 radical (unpaired) electrons. The lowest BCUT2D eigenvalue weighted by atomic mass is 10.1. The van der Waals surface area contributed by atoms with Gasteiger partial charge in [-0.2, -0.15) is 0 Å². The highest BCUT2D eigenvalue weighted by Gasteiger charge is 2.11. The molecule has 0 unspecified atom stereocenters. The normalized spacial score (nSPS) is 10.1. The third-order valence-corrected chi connectivity index (χ3v) is 4.72. The summed E-state index contributed by atoms with van der Waals surface area (Å²) in [7, 11) is 1.52. The first-order valence-electron chi connectivity index (χ1n) is 8.60. The largest absolute Gasteiger partial charge is 0.496 e. The number of hydrogen-bond acceptors (Lipinski definition) is 4. The van der Waals surface area contributed by atoms with Crippen molar-refractivity contribution in [3.8, 4) is 5.75 Å². The SMILES string of the molecule is COc1ccc(C(=O)NNC(=O)CCC(=O)Nc2ccc(C)c(C)c2)cc1Br. The number of nitrogens with one attached hydrogen (secondary N) is 3. The van der Waals surface area contributed by atoms with E-state index in [9.17, 15) is 14.4 Å². The van der Waals surface area contributed by atoms with Crippen LogP contribution in [0.5, 0.6) is 5.75 Å². The summed E-state index contributed by atoms with van der Waals surface area (Å²) in [5.41, 5.74) is 7.86. The number of ether oxygens (including phenoxy) is 1. The molecule has 3 N–H and O–H groups in total. The standard InChI is InChI=1S/C20H22BrN3O4/c1-12-4-6-15(10-13(12)2)22-18(25)8-9-19(26)23-24-20(27)14-5-7-17(28-3)16(21)11-14/h4-7,10-11H,8-9H2,1-3H3,(H,22,25)(H,23,26)(H,24,27). The summed E-state index contributed by atoms with van der Waals surface area (Å²) in [6.45, 7) is 3.95. The predicted molar refractivity (Wildman–Crippen MR) is 110 cm³/mol. The summed E-state index contributed by atoms with van der Waals surface area (Å²) < 4.78 is 5.72. The van der Waals surface area contributed by atoms with Crippen molar-refractivity contribution in [1.29, 1.82) is 0 Å². The number of hydrazine groups is 1. The van der Waals surface area contributed by atoms with Gasteiger partial charge in [-0.25, -0.2) is 0 Å². The number of hydrogen-bond donors (Lipinski definition) is 3. The first-order valence-corrected chi connectivity index (χ1v) is 9.39. The second kappa shape index (κ2) is 9.89. The van der Waals surface area contributed by atoms with Crippen molar-refractivity contribution in [2.75, 3.05) is 12.4 Å². The van der Waals surface area contributed by atoms with E-state index in [1.165, 1.54) is 7.11 Å². The summed E-state index contributed by atoms with van der Waals surface area (Å²) in [6, 6.07) is 10.4. The van der Waals surface area contributed by atoms with Crippen molar-refractivity contribution in [3.63, 3.8) is 0 Å². The molecule has 0 spiro atoms. The van der Waals surface area contributed by atoms with Gasteiger partial charge in [-0.1, -0.05) is 6.07 Å². The predicted octanol–water partition coefficient (Wildman–Crippen LogP) is 3.25. The monoisotopic (exact) mass is 447 g/mol. The van der Waals surface area contributed by atoms with Crippen LogP contribution in [0.4, 0.5) is 5.69 Å². The average Bonchev–Trinajstić information content (AvgIpc) is 2.67. The third kappa shape index (κ3) is 6.09. The zero-order valence-electron chi connectivity index (χ0n) is 15.9. The molecule has 0 fully saturated rings. The topological polar surface area (TPSA) is 96.5 Å². The molecule has 0 saturated carbocycles. The molecule has 148 valence electrons. The maximum Gasteiger partial charge on any atom is 0.269 e. The second-order valence-electron chi connectivity index (χ2n) is 6.20. The lowest BCUT2D eigenvalue weighted by molar-refractivity contribution is -0.124. The van der Waals surface area contributed by atoms with Gasteiger partial charge in [-0.3, -0.25) is 25.2 Å². The zero-order valence-corrected chi connectivity index (χ0v) is 17.5. The highest BCUT2D eigenvalue weighted by atomic mass is 79.9. The summed E-state index contributed by atoms with van der Waals surface area (Å²) in [5.74, 6) is -0.619. The minimum atomic E-state index is -0.476. The van der Waals surface area contributed by atoms with Crippen LogP contribution in [0.15, 0.2) is 40.9 Å². The molecule has 0 bridgehead atoms. The van der Waals surface area contributed by atoms with E-state index >= 15 is 0 Å². The van der Waals surface area contributed by atoms with Crippen LogP contribution in [0.2, 0.25) is 0 Å². The van der Waals surface area contributed by atoms with Crippen LogP contribution in [0, 0.1) is 13.8 Å². The van der Waals surface area contributed by atoms with E-state index in [0.29, 0.717) is 21.5 Å². The van der Waals surface area contributed by atoms with Crippen LogP contribution in [0.25, 0.3) is 0 Å². The second-order valence-corrected chi connectivity index (χ2v) is 7.05. The molecule has 0 aromatic heterocycles. The van der Waals surface area contributed by atoms with Gasteiger partial charge in [0.15, 0.2) is 0 Å². The van der Waals surface area contributed by atoms with E-state index in [2.05, 4.69) is 32.1 Å². The van der Waals surface area contributed by atoms with Crippen molar-refractivity contribution in [2.24, 2.45) is 0 Å². The van der Waals surface area contributed by atoms with E-state index in [0.717, 1.165) is 11.1 Å². The smallest absolute Gasteiger partial charge is 0.269 e. The number of carbonyl (C=O) groups is 3. The molecule has 2 rings (SSSR count). The number of benzene rings is 2.